The Balaban J connectivity index is 0.000000132. The lowest BCUT2D eigenvalue weighted by Gasteiger charge is -2.21. The fraction of sp³-hybridized carbons (Fsp3) is 0.0345. The highest BCUT2D eigenvalue weighted by Crippen LogP contribution is 2.50. The van der Waals surface area contributed by atoms with Gasteiger partial charge in [-0.15, -0.1) is 0 Å². The van der Waals surface area contributed by atoms with Gasteiger partial charge in [0.2, 0.25) is 0 Å². The van der Waals surface area contributed by atoms with E-state index >= 15 is 0 Å². The summed E-state index contributed by atoms with van der Waals surface area (Å²) in [5.41, 5.74) is 26.5. The first-order chi connectivity index (χ1) is 45.4. The van der Waals surface area contributed by atoms with Crippen LogP contribution in [0.25, 0.3) is 165 Å². The van der Waals surface area contributed by atoms with Crippen molar-refractivity contribution in [2.45, 2.75) is 19.3 Å². The number of aromatic nitrogens is 4. The zero-order valence-corrected chi connectivity index (χ0v) is 50.7. The van der Waals surface area contributed by atoms with Crippen molar-refractivity contribution in [3.8, 4) is 56.1 Å². The Morgan fingerprint density at radius 1 is 0.217 bits per heavy atom. The third-order valence-electron chi connectivity index (χ3n) is 19.8. The van der Waals surface area contributed by atoms with E-state index in [1.54, 1.807) is 0 Å². The van der Waals surface area contributed by atoms with Crippen molar-refractivity contribution in [3.05, 3.63) is 327 Å². The maximum Gasteiger partial charge on any atom is 0.135 e. The minimum absolute atomic E-state index is 0.0132. The maximum atomic E-state index is 6.16. The Hall–Kier alpha value is -11.9. The van der Waals surface area contributed by atoms with Crippen molar-refractivity contribution < 1.29 is 4.42 Å². The highest BCUT2D eigenvalue weighted by molar-refractivity contribution is 6.15. The van der Waals surface area contributed by atoms with Crippen molar-refractivity contribution in [1.29, 1.82) is 0 Å². The summed E-state index contributed by atoms with van der Waals surface area (Å²) in [6.07, 6.45) is 0. The number of fused-ring (bicyclic) bond motifs is 18. The van der Waals surface area contributed by atoms with Gasteiger partial charge in [0.15, 0.2) is 0 Å². The van der Waals surface area contributed by atoms with E-state index in [2.05, 4.69) is 335 Å². The van der Waals surface area contributed by atoms with Crippen LogP contribution in [-0.2, 0) is 5.41 Å². The first-order valence-electron chi connectivity index (χ1n) is 31.8. The van der Waals surface area contributed by atoms with Crippen molar-refractivity contribution in [1.82, 2.24) is 18.3 Å². The van der Waals surface area contributed by atoms with Crippen LogP contribution in [0, 0.1) is 0 Å². The molecule has 0 amide bonds. The number of benzene rings is 14. The lowest BCUT2D eigenvalue weighted by Crippen LogP contribution is -2.14. The van der Waals surface area contributed by atoms with Crippen LogP contribution in [-0.4, -0.2) is 18.3 Å². The summed E-state index contributed by atoms with van der Waals surface area (Å²) < 4.78 is 15.8. The van der Waals surface area contributed by atoms with E-state index in [4.69, 9.17) is 4.42 Å². The summed E-state index contributed by atoms with van der Waals surface area (Å²) in [7, 11) is 0. The molecule has 14 aromatic carbocycles. The van der Waals surface area contributed by atoms with Crippen molar-refractivity contribution in [2.75, 3.05) is 0 Å². The normalized spacial score (nSPS) is 12.8. The molecule has 0 aliphatic heterocycles. The summed E-state index contributed by atoms with van der Waals surface area (Å²) in [5.74, 6) is 0. The Bertz CT molecular complexity index is 6220. The number of rotatable bonds is 6. The predicted molar refractivity (Wildman–Crippen MR) is 386 cm³/mol. The molecule has 0 saturated heterocycles. The molecule has 0 atom stereocenters. The summed E-state index contributed by atoms with van der Waals surface area (Å²) in [5, 5.41) is 12.4. The molecule has 5 aromatic heterocycles. The summed E-state index contributed by atoms with van der Waals surface area (Å²) in [6.45, 7) is 4.69. The van der Waals surface area contributed by atoms with Gasteiger partial charge < -0.3 is 22.7 Å². The van der Waals surface area contributed by atoms with E-state index in [1.165, 1.54) is 149 Å². The third kappa shape index (κ3) is 7.79. The van der Waals surface area contributed by atoms with E-state index in [9.17, 15) is 0 Å². The predicted octanol–water partition coefficient (Wildman–Crippen LogP) is 23.3. The number of nitrogens with zero attached hydrogens (tertiary/aromatic N) is 4. The van der Waals surface area contributed by atoms with Gasteiger partial charge in [-0.3, -0.25) is 0 Å². The zero-order valence-electron chi connectivity index (χ0n) is 50.7. The molecule has 92 heavy (non-hydrogen) atoms. The Labute approximate surface area is 530 Å². The molecule has 5 heterocycles. The van der Waals surface area contributed by atoms with Gasteiger partial charge >= 0.3 is 0 Å². The molecule has 20 rings (SSSR count). The smallest absolute Gasteiger partial charge is 0.135 e. The van der Waals surface area contributed by atoms with Gasteiger partial charge in [-0.25, -0.2) is 0 Å². The quantitative estimate of drug-likeness (QED) is 0.163. The van der Waals surface area contributed by atoms with Crippen LogP contribution in [0.3, 0.4) is 0 Å². The summed E-state index contributed by atoms with van der Waals surface area (Å²) in [6, 6.07) is 115. The Kier molecular flexibility index (Phi) is 11.3. The van der Waals surface area contributed by atoms with Crippen LogP contribution < -0.4 is 0 Å². The lowest BCUT2D eigenvalue weighted by molar-refractivity contribution is 0.660. The largest absolute Gasteiger partial charge is 0.456 e. The fourth-order valence-corrected chi connectivity index (χ4v) is 15.6. The molecule has 1 aliphatic carbocycles. The number of para-hydroxylation sites is 7. The molecular weight excluding hydrogens is 1120 g/mol. The summed E-state index contributed by atoms with van der Waals surface area (Å²) in [4.78, 5) is 0. The molecule has 0 saturated carbocycles. The molecule has 1 aliphatic rings. The molecule has 5 heteroatoms. The lowest BCUT2D eigenvalue weighted by atomic mass is 9.82. The third-order valence-corrected chi connectivity index (χ3v) is 19.8. The van der Waals surface area contributed by atoms with Gasteiger partial charge in [-0.2, -0.15) is 0 Å². The summed E-state index contributed by atoms with van der Waals surface area (Å²) >= 11 is 0. The maximum absolute atomic E-state index is 6.16. The second-order valence-corrected chi connectivity index (χ2v) is 25.2. The van der Waals surface area contributed by atoms with Crippen molar-refractivity contribution >= 4 is 109 Å². The van der Waals surface area contributed by atoms with Crippen LogP contribution in [0.5, 0.6) is 0 Å². The van der Waals surface area contributed by atoms with Crippen molar-refractivity contribution in [3.63, 3.8) is 0 Å². The van der Waals surface area contributed by atoms with Crippen molar-refractivity contribution in [2.24, 2.45) is 0 Å². The molecule has 0 radical (unpaired) electrons. The Morgan fingerprint density at radius 2 is 0.587 bits per heavy atom. The minimum Gasteiger partial charge on any atom is -0.456 e. The monoisotopic (exact) mass is 1170 g/mol. The second-order valence-electron chi connectivity index (χ2n) is 25.2. The van der Waals surface area contributed by atoms with Crippen LogP contribution in [0.4, 0.5) is 0 Å². The van der Waals surface area contributed by atoms with E-state index in [0.29, 0.717) is 0 Å². The minimum atomic E-state index is -0.0132. The van der Waals surface area contributed by atoms with E-state index in [1.807, 2.05) is 12.1 Å². The first-order valence-corrected chi connectivity index (χ1v) is 31.8. The highest BCUT2D eigenvalue weighted by Gasteiger charge is 2.35. The molecular formula is C87H58N4O. The second kappa shape index (κ2) is 20.0. The van der Waals surface area contributed by atoms with Gasteiger partial charge in [-0.1, -0.05) is 208 Å². The van der Waals surface area contributed by atoms with E-state index < -0.39 is 0 Å². The van der Waals surface area contributed by atoms with Crippen LogP contribution >= 0.6 is 0 Å². The van der Waals surface area contributed by atoms with E-state index in [-0.39, 0.29) is 5.41 Å². The SMILES string of the molecule is CC1(C)c2ccccc2-c2cc(-n3c4ccccc4c4ccc(-c5ccc6c(c5)c5ccccc5n6-c5ccccc5)cc43)ccc21.c1ccc(-n2c3ccccc3c3cc(-c4ccc5c6ccccc6n(-c6ccc7oc8ccccc8c7c6)c5c4)ccc32)cc1. The van der Waals surface area contributed by atoms with Gasteiger partial charge in [0.25, 0.3) is 0 Å². The first kappa shape index (κ1) is 52.1. The van der Waals surface area contributed by atoms with Crippen LogP contribution in [0.2, 0.25) is 0 Å². The number of hydrogen-bond acceptors (Lipinski definition) is 1. The fourth-order valence-electron chi connectivity index (χ4n) is 15.6. The standard InChI is InChI=1S/C45H32N2.C42H26N2O/c1-45(2)39-17-9-6-14-33(39)37-28-32(22-24-40(37)45)47-41-18-10-7-15-34(41)36-23-20-30(27-44(36)47)29-21-25-43-38(26-29)35-16-8-11-19-42(35)46(43)31-12-4-3-5-13-31;1-2-10-29(11-3-1)43-38-16-8-5-13-32(38)35-24-27(19-22-39(35)43)28-18-21-33-31-12-4-7-15-37(31)44(40(33)25-28)30-20-23-42-36(26-30)34-14-6-9-17-41(34)45-42/h3-28H,1-2H3;1-26H. The van der Waals surface area contributed by atoms with E-state index in [0.717, 1.165) is 27.6 Å². The molecule has 0 spiro atoms. The van der Waals surface area contributed by atoms with Crippen LogP contribution in [0.15, 0.2) is 320 Å². The zero-order chi connectivity index (χ0) is 60.8. The van der Waals surface area contributed by atoms with Gasteiger partial charge in [0.05, 0.1) is 44.1 Å². The molecule has 432 valence electrons. The highest BCUT2D eigenvalue weighted by atomic mass is 16.3. The molecule has 0 N–H and O–H groups in total. The number of hydrogen-bond donors (Lipinski definition) is 0. The molecule has 0 fully saturated rings. The van der Waals surface area contributed by atoms with Gasteiger partial charge in [0, 0.05) is 82.0 Å². The van der Waals surface area contributed by atoms with Gasteiger partial charge in [0.1, 0.15) is 11.2 Å². The average molecular weight is 1180 g/mol. The van der Waals surface area contributed by atoms with Crippen LogP contribution in [0.1, 0.15) is 25.0 Å². The Morgan fingerprint density at radius 3 is 1.13 bits per heavy atom. The molecule has 5 nitrogen and oxygen atoms in total. The topological polar surface area (TPSA) is 32.9 Å². The molecule has 0 unspecified atom stereocenters. The van der Waals surface area contributed by atoms with Gasteiger partial charge in [-0.05, 0) is 166 Å². The average Bonchev–Trinajstić information content (AvgIpc) is 1.59. The molecule has 0 bridgehead atoms. The number of furan rings is 1. The molecule has 19 aromatic rings.